The summed E-state index contributed by atoms with van der Waals surface area (Å²) in [4.78, 5) is 26.7. The molecule has 0 saturated heterocycles. The number of carbonyl (C=O) groups is 2. The van der Waals surface area contributed by atoms with Gasteiger partial charge in [-0.3, -0.25) is 4.79 Å². The quantitative estimate of drug-likeness (QED) is 0.727. The van der Waals surface area contributed by atoms with Crippen molar-refractivity contribution in [2.24, 2.45) is 4.40 Å². The molecule has 3 rings (SSSR count). The topological polar surface area (TPSA) is 105 Å². The summed E-state index contributed by atoms with van der Waals surface area (Å²) in [5, 5.41) is 2.80. The first-order valence-electron chi connectivity index (χ1n) is 8.26. The van der Waals surface area contributed by atoms with Crippen molar-refractivity contribution >= 4 is 27.7 Å². The lowest BCUT2D eigenvalue weighted by molar-refractivity contribution is -0.152. The standard InChI is InChI=1S/C16H21N3O5S/c1-24-15(21)16(7-3-2-4-8-16)17-14(20)12-6-5-9-19-10-11-25(22,23)18-13(12)19/h5-6,9H,2-4,7-8,10-11H2,1H3,(H,17,20). The van der Waals surface area contributed by atoms with Gasteiger partial charge in [-0.15, -0.1) is 4.40 Å². The lowest BCUT2D eigenvalue weighted by atomic mass is 9.81. The molecule has 1 amide bonds. The number of rotatable bonds is 3. The number of sulfonamides is 1. The molecule has 9 heteroatoms. The molecule has 1 aliphatic carbocycles. The molecule has 0 aromatic heterocycles. The Morgan fingerprint density at radius 2 is 2.00 bits per heavy atom. The first-order chi connectivity index (χ1) is 11.9. The number of amides is 1. The molecule has 2 aliphatic heterocycles. The number of carbonyl (C=O) groups excluding carboxylic acids is 2. The summed E-state index contributed by atoms with van der Waals surface area (Å²) in [5.74, 6) is -0.982. The Balaban J connectivity index is 1.89. The smallest absolute Gasteiger partial charge is 0.331 e. The van der Waals surface area contributed by atoms with Crippen LogP contribution in [0.2, 0.25) is 0 Å². The van der Waals surface area contributed by atoms with Crippen LogP contribution in [0.3, 0.4) is 0 Å². The van der Waals surface area contributed by atoms with Gasteiger partial charge in [-0.25, -0.2) is 13.2 Å². The van der Waals surface area contributed by atoms with Gasteiger partial charge >= 0.3 is 5.97 Å². The van der Waals surface area contributed by atoms with Gasteiger partial charge in [-0.2, -0.15) is 0 Å². The van der Waals surface area contributed by atoms with E-state index in [2.05, 4.69) is 9.71 Å². The summed E-state index contributed by atoms with van der Waals surface area (Å²) >= 11 is 0. The van der Waals surface area contributed by atoms with Crippen LogP contribution in [0.15, 0.2) is 28.3 Å². The fraction of sp³-hybridized carbons (Fsp3) is 0.562. The summed E-state index contributed by atoms with van der Waals surface area (Å²) in [6, 6.07) is 0. The first kappa shape index (κ1) is 17.7. The van der Waals surface area contributed by atoms with E-state index in [-0.39, 0.29) is 23.7 Å². The van der Waals surface area contributed by atoms with Gasteiger partial charge in [0.05, 0.1) is 18.4 Å². The molecular weight excluding hydrogens is 346 g/mol. The van der Waals surface area contributed by atoms with Crippen LogP contribution in [0, 0.1) is 0 Å². The van der Waals surface area contributed by atoms with E-state index in [0.29, 0.717) is 12.8 Å². The van der Waals surface area contributed by atoms with Crippen molar-refractivity contribution in [3.8, 4) is 0 Å². The summed E-state index contributed by atoms with van der Waals surface area (Å²) in [6.45, 7) is 0.241. The molecule has 1 fully saturated rings. The zero-order valence-electron chi connectivity index (χ0n) is 14.0. The Hall–Kier alpha value is -2.16. The minimum atomic E-state index is -3.59. The molecule has 0 bridgehead atoms. The minimum Gasteiger partial charge on any atom is -0.467 e. The molecule has 0 spiro atoms. The van der Waals surface area contributed by atoms with Crippen LogP contribution in [0.1, 0.15) is 32.1 Å². The van der Waals surface area contributed by atoms with Crippen LogP contribution in [0.4, 0.5) is 0 Å². The van der Waals surface area contributed by atoms with E-state index in [1.54, 1.807) is 17.2 Å². The zero-order valence-corrected chi connectivity index (χ0v) is 14.8. The maximum Gasteiger partial charge on any atom is 0.331 e. The molecule has 0 aromatic carbocycles. The van der Waals surface area contributed by atoms with Gasteiger partial charge in [0.1, 0.15) is 5.54 Å². The average Bonchev–Trinajstić information content (AvgIpc) is 2.60. The predicted octanol–water partition coefficient (Wildman–Crippen LogP) is 0.476. The number of hydrogen-bond acceptors (Lipinski definition) is 6. The van der Waals surface area contributed by atoms with Gasteiger partial charge < -0.3 is 15.0 Å². The largest absolute Gasteiger partial charge is 0.467 e. The second-order valence-electron chi connectivity index (χ2n) is 6.40. The number of ether oxygens (including phenoxy) is 1. The number of allylic oxidation sites excluding steroid dienone is 2. The van der Waals surface area contributed by atoms with Gasteiger partial charge in [0, 0.05) is 12.7 Å². The average molecular weight is 367 g/mol. The highest BCUT2D eigenvalue weighted by atomic mass is 32.2. The second kappa shape index (κ2) is 6.62. The van der Waals surface area contributed by atoms with Gasteiger partial charge in [0.25, 0.3) is 15.9 Å². The molecule has 0 radical (unpaired) electrons. The Bertz CT molecular complexity index is 776. The van der Waals surface area contributed by atoms with Gasteiger partial charge in [-0.1, -0.05) is 19.3 Å². The van der Waals surface area contributed by atoms with Crippen LogP contribution < -0.4 is 5.32 Å². The highest BCUT2D eigenvalue weighted by Gasteiger charge is 2.43. The lowest BCUT2D eigenvalue weighted by Crippen LogP contribution is -2.57. The molecule has 2 heterocycles. The number of hydrogen-bond donors (Lipinski definition) is 1. The van der Waals surface area contributed by atoms with E-state index in [1.807, 2.05) is 0 Å². The number of methoxy groups -OCH3 is 1. The van der Waals surface area contributed by atoms with E-state index >= 15 is 0 Å². The van der Waals surface area contributed by atoms with Gasteiger partial charge in [0.15, 0.2) is 5.84 Å². The molecule has 3 aliphatic rings. The van der Waals surface area contributed by atoms with Crippen molar-refractivity contribution in [3.05, 3.63) is 23.9 Å². The van der Waals surface area contributed by atoms with E-state index < -0.39 is 27.4 Å². The molecule has 136 valence electrons. The van der Waals surface area contributed by atoms with E-state index in [9.17, 15) is 18.0 Å². The summed E-state index contributed by atoms with van der Waals surface area (Å²) in [7, 11) is -2.29. The monoisotopic (exact) mass is 367 g/mol. The second-order valence-corrected chi connectivity index (χ2v) is 8.16. The summed E-state index contributed by atoms with van der Waals surface area (Å²) in [5.41, 5.74) is -0.926. The zero-order chi connectivity index (χ0) is 18.1. The fourth-order valence-electron chi connectivity index (χ4n) is 3.41. The Labute approximate surface area is 146 Å². The van der Waals surface area contributed by atoms with E-state index in [1.165, 1.54) is 13.2 Å². The fourth-order valence-corrected chi connectivity index (χ4v) is 4.39. The predicted molar refractivity (Wildman–Crippen MR) is 91.1 cm³/mol. The van der Waals surface area contributed by atoms with Gasteiger partial charge in [0.2, 0.25) is 0 Å². The van der Waals surface area contributed by atoms with Crippen molar-refractivity contribution < 1.29 is 22.7 Å². The van der Waals surface area contributed by atoms with Gasteiger partial charge in [-0.05, 0) is 25.0 Å². The SMILES string of the molecule is COC(=O)C1(NC(=O)C2=CC=CN3CCS(=O)(=O)N=C23)CCCCC1. The number of nitrogens with one attached hydrogen (secondary N) is 1. The molecule has 8 nitrogen and oxygen atoms in total. The van der Waals surface area contributed by atoms with Crippen molar-refractivity contribution in [3.63, 3.8) is 0 Å². The van der Waals surface area contributed by atoms with Crippen molar-refractivity contribution in [2.75, 3.05) is 19.4 Å². The third-order valence-electron chi connectivity index (χ3n) is 4.74. The molecule has 0 unspecified atom stereocenters. The molecule has 0 aromatic rings. The van der Waals surface area contributed by atoms with Crippen molar-refractivity contribution in [2.45, 2.75) is 37.6 Å². The van der Waals surface area contributed by atoms with Crippen LogP contribution in [0.5, 0.6) is 0 Å². The number of fused-ring (bicyclic) bond motifs is 1. The third kappa shape index (κ3) is 3.46. The number of nitrogens with zero attached hydrogens (tertiary/aromatic N) is 2. The molecule has 0 atom stereocenters. The Morgan fingerprint density at radius 3 is 2.68 bits per heavy atom. The van der Waals surface area contributed by atoms with Crippen LogP contribution in [-0.2, 0) is 24.3 Å². The third-order valence-corrected chi connectivity index (χ3v) is 5.89. The normalized spacial score (nSPS) is 23.8. The van der Waals surface area contributed by atoms with Crippen molar-refractivity contribution in [1.29, 1.82) is 0 Å². The van der Waals surface area contributed by atoms with E-state index in [4.69, 9.17) is 4.74 Å². The number of esters is 1. The maximum absolute atomic E-state index is 12.8. The van der Waals surface area contributed by atoms with Crippen LogP contribution in [-0.4, -0.2) is 56.0 Å². The minimum absolute atomic E-state index is 0.0954. The highest BCUT2D eigenvalue weighted by Crippen LogP contribution is 2.30. The molecule has 1 N–H and O–H groups in total. The van der Waals surface area contributed by atoms with Crippen LogP contribution >= 0.6 is 0 Å². The van der Waals surface area contributed by atoms with Crippen LogP contribution in [0.25, 0.3) is 0 Å². The molecule has 25 heavy (non-hydrogen) atoms. The lowest BCUT2D eigenvalue weighted by Gasteiger charge is -2.36. The summed E-state index contributed by atoms with van der Waals surface area (Å²) in [6.07, 6.45) is 8.49. The maximum atomic E-state index is 12.8. The molecule has 1 saturated carbocycles. The Kier molecular flexibility index (Phi) is 4.68. The molecular formula is C16H21N3O5S. The van der Waals surface area contributed by atoms with E-state index in [0.717, 1.165) is 19.3 Å². The Morgan fingerprint density at radius 1 is 1.28 bits per heavy atom. The highest BCUT2D eigenvalue weighted by molar-refractivity contribution is 7.90. The first-order valence-corrected chi connectivity index (χ1v) is 9.87. The summed E-state index contributed by atoms with van der Waals surface area (Å²) < 4.78 is 32.3. The van der Waals surface area contributed by atoms with Crippen molar-refractivity contribution in [1.82, 2.24) is 10.2 Å². The number of amidine groups is 1.